The van der Waals surface area contributed by atoms with Gasteiger partial charge in [0.1, 0.15) is 0 Å². The number of nitrogens with one attached hydrogen (secondary N) is 1. The Bertz CT molecular complexity index is 1240. The van der Waals surface area contributed by atoms with Gasteiger partial charge in [-0.1, -0.05) is 30.3 Å². The number of hydrogen-bond acceptors (Lipinski definition) is 9. The summed E-state index contributed by atoms with van der Waals surface area (Å²) in [6.07, 6.45) is 0.564. The zero-order valence-corrected chi connectivity index (χ0v) is 17.8. The minimum absolute atomic E-state index is 0.0858. The van der Waals surface area contributed by atoms with Crippen LogP contribution in [-0.4, -0.2) is 50.2 Å². The van der Waals surface area contributed by atoms with E-state index in [1.807, 2.05) is 17.9 Å². The minimum atomic E-state index is -1.60. The first-order valence-corrected chi connectivity index (χ1v) is 10.2. The molecule has 0 saturated heterocycles. The van der Waals surface area contributed by atoms with Crippen LogP contribution in [0.5, 0.6) is 0 Å². The van der Waals surface area contributed by atoms with E-state index in [9.17, 15) is 19.6 Å². The molecule has 2 heterocycles. The van der Waals surface area contributed by atoms with Gasteiger partial charge in [-0.25, -0.2) is 0 Å². The largest absolute Gasteiger partial charge is 0.488 e. The number of carbonyl (C=O) groups is 2. The van der Waals surface area contributed by atoms with E-state index in [4.69, 9.17) is 11.5 Å². The predicted octanol–water partition coefficient (Wildman–Crippen LogP) is -0.556. The summed E-state index contributed by atoms with van der Waals surface area (Å²) in [5.74, 6) is -0.944. The molecular weight excluding hydrogens is 425 g/mol. The molecule has 11 nitrogen and oxygen atoms in total. The van der Waals surface area contributed by atoms with Crippen molar-refractivity contribution in [2.45, 2.75) is 25.9 Å². The van der Waals surface area contributed by atoms with E-state index in [1.165, 1.54) is 0 Å². The van der Waals surface area contributed by atoms with E-state index in [-0.39, 0.29) is 30.0 Å². The Hall–Kier alpha value is -4.03. The molecule has 12 heteroatoms. The number of nitrogens with zero attached hydrogens (tertiary/aromatic N) is 4. The second-order valence-corrected chi connectivity index (χ2v) is 7.74. The van der Waals surface area contributed by atoms with Crippen molar-refractivity contribution in [2.24, 2.45) is 11.5 Å². The Balaban J connectivity index is 1.68. The number of benzene rings is 2. The van der Waals surface area contributed by atoms with E-state index in [1.54, 1.807) is 36.4 Å². The first-order valence-electron chi connectivity index (χ1n) is 10.2. The second-order valence-electron chi connectivity index (χ2n) is 7.74. The average Bonchev–Trinajstić information content (AvgIpc) is 3.13. The maximum absolute atomic E-state index is 11.9. The molecule has 1 unspecified atom stereocenters. The topological polar surface area (TPSA) is 181 Å². The predicted molar refractivity (Wildman–Crippen MR) is 122 cm³/mol. The van der Waals surface area contributed by atoms with Crippen LogP contribution in [0.2, 0.25) is 0 Å². The lowest BCUT2D eigenvalue weighted by atomic mass is 9.80. The van der Waals surface area contributed by atoms with Crippen LogP contribution in [0.4, 0.5) is 17.5 Å². The van der Waals surface area contributed by atoms with Gasteiger partial charge in [-0.2, -0.15) is 4.98 Å². The van der Waals surface area contributed by atoms with Crippen LogP contribution < -0.4 is 27.1 Å². The summed E-state index contributed by atoms with van der Waals surface area (Å²) in [6, 6.07) is 11.8. The third kappa shape index (κ3) is 4.34. The molecule has 2 amide bonds. The van der Waals surface area contributed by atoms with Crippen LogP contribution in [0.1, 0.15) is 38.9 Å². The first kappa shape index (κ1) is 22.2. The van der Waals surface area contributed by atoms with Gasteiger partial charge in [-0.3, -0.25) is 9.59 Å². The van der Waals surface area contributed by atoms with E-state index >= 15 is 0 Å². The van der Waals surface area contributed by atoms with Crippen LogP contribution in [0.25, 0.3) is 0 Å². The molecule has 1 aromatic heterocycles. The summed E-state index contributed by atoms with van der Waals surface area (Å²) in [7, 11) is -1.60. The number of carbonyl (C=O) groups excluding carboxylic acids is 2. The fourth-order valence-corrected chi connectivity index (χ4v) is 3.93. The van der Waals surface area contributed by atoms with Crippen LogP contribution in [-0.2, 0) is 13.0 Å². The molecule has 168 valence electrons. The smallest absolute Gasteiger partial charge is 0.423 e. The van der Waals surface area contributed by atoms with Crippen molar-refractivity contribution < 1.29 is 19.6 Å². The summed E-state index contributed by atoms with van der Waals surface area (Å²) in [6.45, 7) is 2.17. The van der Waals surface area contributed by atoms with Crippen LogP contribution in [0.3, 0.4) is 0 Å². The van der Waals surface area contributed by atoms with Gasteiger partial charge in [0.2, 0.25) is 5.91 Å². The number of nitrogens with two attached hydrogens (primary N) is 2. The summed E-state index contributed by atoms with van der Waals surface area (Å²) < 4.78 is 0. The number of fused-ring (bicyclic) bond motifs is 1. The van der Waals surface area contributed by atoms with Gasteiger partial charge in [-0.05, 0) is 42.1 Å². The lowest BCUT2D eigenvalue weighted by Gasteiger charge is -2.23. The molecule has 1 aliphatic rings. The van der Waals surface area contributed by atoms with Crippen molar-refractivity contribution in [3.05, 3.63) is 64.8 Å². The molecule has 2 aromatic carbocycles. The van der Waals surface area contributed by atoms with Crippen LogP contribution >= 0.6 is 0 Å². The van der Waals surface area contributed by atoms with Crippen molar-refractivity contribution in [1.29, 1.82) is 0 Å². The summed E-state index contributed by atoms with van der Waals surface area (Å²) in [5.41, 5.74) is 13.9. The highest BCUT2D eigenvalue weighted by atomic mass is 16.4. The summed E-state index contributed by atoms with van der Waals surface area (Å²) in [5, 5.41) is 29.9. The molecule has 1 aliphatic heterocycles. The number of rotatable bonds is 7. The Labute approximate surface area is 189 Å². The molecule has 4 rings (SSSR count). The molecule has 1 atom stereocenters. The molecule has 7 N–H and O–H groups in total. The van der Waals surface area contributed by atoms with Gasteiger partial charge in [0.25, 0.3) is 11.9 Å². The van der Waals surface area contributed by atoms with Crippen molar-refractivity contribution in [1.82, 2.24) is 15.2 Å². The van der Waals surface area contributed by atoms with E-state index in [0.717, 1.165) is 16.8 Å². The Kier molecular flexibility index (Phi) is 5.94. The highest BCUT2D eigenvalue weighted by Gasteiger charge is 2.32. The maximum Gasteiger partial charge on any atom is 0.488 e. The maximum atomic E-state index is 11.9. The van der Waals surface area contributed by atoms with Gasteiger partial charge >= 0.3 is 7.12 Å². The van der Waals surface area contributed by atoms with Crippen LogP contribution in [0.15, 0.2) is 42.5 Å². The molecule has 0 aliphatic carbocycles. The normalized spacial score (nSPS) is 14.6. The van der Waals surface area contributed by atoms with Crippen molar-refractivity contribution >= 4 is 41.8 Å². The van der Waals surface area contributed by atoms with Gasteiger partial charge in [0.15, 0.2) is 11.5 Å². The van der Waals surface area contributed by atoms with E-state index < -0.39 is 18.9 Å². The fourth-order valence-electron chi connectivity index (χ4n) is 3.93. The van der Waals surface area contributed by atoms with E-state index in [0.29, 0.717) is 17.4 Å². The lowest BCUT2D eigenvalue weighted by Crippen LogP contribution is -2.30. The van der Waals surface area contributed by atoms with Crippen LogP contribution in [0, 0.1) is 0 Å². The molecule has 0 fully saturated rings. The van der Waals surface area contributed by atoms with Crippen molar-refractivity contribution in [3.8, 4) is 0 Å². The molecule has 33 heavy (non-hydrogen) atoms. The summed E-state index contributed by atoms with van der Waals surface area (Å²) in [4.78, 5) is 30.1. The second kappa shape index (κ2) is 8.84. The third-order valence-corrected chi connectivity index (χ3v) is 5.45. The quantitative estimate of drug-likeness (QED) is 0.297. The average molecular weight is 447 g/mol. The van der Waals surface area contributed by atoms with Gasteiger partial charge in [-0.15, -0.1) is 10.2 Å². The first-order chi connectivity index (χ1) is 15.8. The monoisotopic (exact) mass is 447 g/mol. The SMILES string of the molecule is CC1Cc2c(C(N)=O)cccc2N1c1nnc(C(N)=O)c(NCc2cccc(B(O)O)c2)n1. The molecule has 0 bridgehead atoms. The van der Waals surface area contributed by atoms with Gasteiger partial charge in [0, 0.05) is 23.8 Å². The van der Waals surface area contributed by atoms with Gasteiger partial charge in [0.05, 0.1) is 0 Å². The number of aromatic nitrogens is 3. The summed E-state index contributed by atoms with van der Waals surface area (Å²) >= 11 is 0. The number of anilines is 3. The highest BCUT2D eigenvalue weighted by molar-refractivity contribution is 6.58. The molecule has 0 radical (unpaired) electrons. The minimum Gasteiger partial charge on any atom is -0.423 e. The van der Waals surface area contributed by atoms with Crippen molar-refractivity contribution in [2.75, 3.05) is 10.2 Å². The fraction of sp³-hybridized carbons (Fsp3) is 0.190. The Morgan fingerprint density at radius 2 is 1.91 bits per heavy atom. The lowest BCUT2D eigenvalue weighted by molar-refractivity contribution is 0.0988. The Morgan fingerprint density at radius 1 is 1.15 bits per heavy atom. The Morgan fingerprint density at radius 3 is 2.61 bits per heavy atom. The van der Waals surface area contributed by atoms with Gasteiger partial charge < -0.3 is 31.7 Å². The molecule has 0 spiro atoms. The van der Waals surface area contributed by atoms with E-state index in [2.05, 4.69) is 20.5 Å². The standard InChI is InChI=1S/C21H22BN7O4/c1-11-8-15-14(18(23)30)6-3-7-16(15)29(11)21-26-20(17(19(24)31)27-28-21)25-10-12-4-2-5-13(9-12)22(32)33/h2-7,9,11,32-33H,8,10H2,1H3,(H2,23,30)(H2,24,31)(H,25,26,28). The molecule has 3 aromatic rings. The zero-order valence-electron chi connectivity index (χ0n) is 17.8. The molecule has 0 saturated carbocycles. The molecular formula is C21H22BN7O4. The number of hydrogen-bond donors (Lipinski definition) is 5. The highest BCUT2D eigenvalue weighted by Crippen LogP contribution is 2.38. The number of amides is 2. The zero-order chi connectivity index (χ0) is 23.7. The van der Waals surface area contributed by atoms with Crippen molar-refractivity contribution in [3.63, 3.8) is 0 Å². The third-order valence-electron chi connectivity index (χ3n) is 5.45. The number of primary amides is 2.